The number of hydrogen-bond donors (Lipinski definition) is 1. The number of fused-ring (bicyclic) bond motifs is 1. The van der Waals surface area contributed by atoms with Crippen molar-refractivity contribution >= 4 is 11.6 Å². The van der Waals surface area contributed by atoms with Gasteiger partial charge in [0.25, 0.3) is 0 Å². The van der Waals surface area contributed by atoms with Crippen molar-refractivity contribution in [3.63, 3.8) is 0 Å². The van der Waals surface area contributed by atoms with E-state index >= 15 is 0 Å². The van der Waals surface area contributed by atoms with Crippen molar-refractivity contribution < 1.29 is 9.18 Å². The Hall–Kier alpha value is -3.03. The van der Waals surface area contributed by atoms with E-state index in [1.807, 2.05) is 10.8 Å². The highest BCUT2D eigenvalue weighted by Crippen LogP contribution is 2.25. The van der Waals surface area contributed by atoms with Crippen LogP contribution in [0.4, 0.5) is 10.1 Å². The van der Waals surface area contributed by atoms with Gasteiger partial charge in [-0.2, -0.15) is 5.10 Å². The van der Waals surface area contributed by atoms with Crippen molar-refractivity contribution in [3.8, 4) is 5.69 Å². The topological polar surface area (TPSA) is 77.6 Å². The zero-order valence-corrected chi connectivity index (χ0v) is 12.8. The number of aryl methyl sites for hydroxylation is 1. The van der Waals surface area contributed by atoms with E-state index in [1.54, 1.807) is 18.3 Å². The zero-order chi connectivity index (χ0) is 16.5. The summed E-state index contributed by atoms with van der Waals surface area (Å²) in [6, 6.07) is 4.18. The summed E-state index contributed by atoms with van der Waals surface area (Å²) in [5.41, 5.74) is 0.689. The summed E-state index contributed by atoms with van der Waals surface area (Å²) in [6.07, 6.45) is 8.79. The lowest BCUT2D eigenvalue weighted by Gasteiger charge is -2.24. The number of amides is 1. The molecule has 4 rings (SSSR count). The summed E-state index contributed by atoms with van der Waals surface area (Å²) < 4.78 is 17.5. The summed E-state index contributed by atoms with van der Waals surface area (Å²) in [4.78, 5) is 20.6. The molecule has 3 aromatic rings. The molecule has 122 valence electrons. The van der Waals surface area contributed by atoms with Crippen LogP contribution in [0.2, 0.25) is 0 Å². The fourth-order valence-electron chi connectivity index (χ4n) is 3.00. The summed E-state index contributed by atoms with van der Waals surface area (Å²) in [6.45, 7) is 0. The minimum absolute atomic E-state index is 0.165. The molecule has 0 saturated carbocycles. The van der Waals surface area contributed by atoms with Gasteiger partial charge in [-0.3, -0.25) is 4.79 Å². The Morgan fingerprint density at radius 2 is 2.29 bits per heavy atom. The maximum atomic E-state index is 14.2. The number of anilines is 1. The molecule has 1 amide bonds. The molecule has 0 aliphatic carbocycles. The number of nitrogens with zero attached hydrogens (tertiary/aromatic N) is 5. The monoisotopic (exact) mass is 326 g/mol. The molecule has 0 saturated heterocycles. The van der Waals surface area contributed by atoms with Crippen molar-refractivity contribution in [1.82, 2.24) is 24.3 Å². The molecular formula is C16H15FN6O. The highest BCUT2D eigenvalue weighted by Gasteiger charge is 2.26. The first-order chi connectivity index (χ1) is 11.7. The first-order valence-corrected chi connectivity index (χ1v) is 7.69. The molecule has 3 heterocycles. The maximum absolute atomic E-state index is 14.2. The summed E-state index contributed by atoms with van der Waals surface area (Å²) in [5, 5.41) is 6.68. The first-order valence-electron chi connectivity index (χ1n) is 7.69. The second kappa shape index (κ2) is 5.88. The summed E-state index contributed by atoms with van der Waals surface area (Å²) in [7, 11) is 0. The van der Waals surface area contributed by atoms with Crippen LogP contribution in [0, 0.1) is 5.82 Å². The van der Waals surface area contributed by atoms with Gasteiger partial charge in [0.15, 0.2) is 5.82 Å². The van der Waals surface area contributed by atoms with Crippen LogP contribution in [0.3, 0.4) is 0 Å². The van der Waals surface area contributed by atoms with Crippen molar-refractivity contribution in [2.75, 3.05) is 5.32 Å². The van der Waals surface area contributed by atoms with E-state index in [2.05, 4.69) is 20.4 Å². The van der Waals surface area contributed by atoms with Crippen molar-refractivity contribution in [3.05, 3.63) is 54.9 Å². The third kappa shape index (κ3) is 2.55. The average Bonchev–Trinajstić information content (AvgIpc) is 3.26. The molecule has 8 heteroatoms. The molecular weight excluding hydrogens is 311 g/mol. The van der Waals surface area contributed by atoms with E-state index in [4.69, 9.17) is 0 Å². The van der Waals surface area contributed by atoms with Gasteiger partial charge >= 0.3 is 0 Å². The van der Waals surface area contributed by atoms with Gasteiger partial charge in [0.2, 0.25) is 5.91 Å². The molecule has 0 spiro atoms. The molecule has 7 nitrogen and oxygen atoms in total. The van der Waals surface area contributed by atoms with E-state index in [1.165, 1.54) is 23.4 Å². The van der Waals surface area contributed by atoms with E-state index in [0.29, 0.717) is 5.69 Å². The molecule has 1 aliphatic rings. The lowest BCUT2D eigenvalue weighted by atomic mass is 10.0. The lowest BCUT2D eigenvalue weighted by molar-refractivity contribution is -0.119. The lowest BCUT2D eigenvalue weighted by Crippen LogP contribution is -2.29. The third-order valence-electron chi connectivity index (χ3n) is 4.15. The molecule has 0 radical (unpaired) electrons. The van der Waals surface area contributed by atoms with E-state index in [-0.39, 0.29) is 17.6 Å². The molecule has 1 aromatic carbocycles. The number of carbonyl (C=O) groups is 1. The number of carbonyl (C=O) groups excluding carboxylic acids is 1. The van der Waals surface area contributed by atoms with Crippen molar-refractivity contribution in [2.45, 2.75) is 25.3 Å². The second-order valence-corrected chi connectivity index (χ2v) is 5.65. The average molecular weight is 326 g/mol. The van der Waals surface area contributed by atoms with Crippen LogP contribution >= 0.6 is 0 Å². The number of aromatic nitrogens is 5. The Morgan fingerprint density at radius 3 is 3.08 bits per heavy atom. The molecule has 0 bridgehead atoms. The van der Waals surface area contributed by atoms with Gasteiger partial charge in [0.1, 0.15) is 30.2 Å². The van der Waals surface area contributed by atoms with Gasteiger partial charge in [0.05, 0.1) is 0 Å². The van der Waals surface area contributed by atoms with E-state index in [0.717, 1.165) is 25.1 Å². The van der Waals surface area contributed by atoms with Gasteiger partial charge in [0, 0.05) is 24.5 Å². The number of hydrogen-bond acceptors (Lipinski definition) is 4. The van der Waals surface area contributed by atoms with Crippen LogP contribution in [-0.4, -0.2) is 30.2 Å². The van der Waals surface area contributed by atoms with Gasteiger partial charge in [-0.15, -0.1) is 0 Å². The van der Waals surface area contributed by atoms with Gasteiger partial charge in [-0.1, -0.05) is 0 Å². The summed E-state index contributed by atoms with van der Waals surface area (Å²) >= 11 is 0. The number of halogens is 1. The van der Waals surface area contributed by atoms with E-state index < -0.39 is 5.82 Å². The standard InChI is InChI=1S/C16H15FN6O/c17-12-8-11(4-5-13(12)23-10-18-9-20-23)21-16(24)14-2-1-3-15-19-6-7-22(14)15/h4-10,14H,1-3H2,(H,21,24)/t14-/m0/s1. The minimum atomic E-state index is -0.481. The first kappa shape index (κ1) is 14.6. The van der Waals surface area contributed by atoms with Crippen LogP contribution in [0.5, 0.6) is 0 Å². The molecule has 0 fully saturated rings. The van der Waals surface area contributed by atoms with Crippen LogP contribution in [0.25, 0.3) is 5.69 Å². The van der Waals surface area contributed by atoms with Crippen LogP contribution in [0.1, 0.15) is 24.7 Å². The second-order valence-electron chi connectivity index (χ2n) is 5.65. The quantitative estimate of drug-likeness (QED) is 0.800. The molecule has 1 atom stereocenters. The van der Waals surface area contributed by atoms with Crippen molar-refractivity contribution in [2.24, 2.45) is 0 Å². The Morgan fingerprint density at radius 1 is 1.38 bits per heavy atom. The van der Waals surface area contributed by atoms with Crippen LogP contribution in [-0.2, 0) is 11.2 Å². The predicted molar refractivity (Wildman–Crippen MR) is 84.1 cm³/mol. The normalized spacial score (nSPS) is 16.6. The smallest absolute Gasteiger partial charge is 0.247 e. The largest absolute Gasteiger partial charge is 0.324 e. The number of rotatable bonds is 3. The predicted octanol–water partition coefficient (Wildman–Crippen LogP) is 2.12. The molecule has 24 heavy (non-hydrogen) atoms. The number of imidazole rings is 1. The molecule has 1 aliphatic heterocycles. The zero-order valence-electron chi connectivity index (χ0n) is 12.8. The SMILES string of the molecule is O=C(Nc1ccc(-n2cncn2)c(F)c1)[C@@H]1CCCc2nccn21. The highest BCUT2D eigenvalue weighted by atomic mass is 19.1. The fourth-order valence-corrected chi connectivity index (χ4v) is 3.00. The third-order valence-corrected chi connectivity index (χ3v) is 4.15. The van der Waals surface area contributed by atoms with E-state index in [9.17, 15) is 9.18 Å². The summed E-state index contributed by atoms with van der Waals surface area (Å²) in [5.74, 6) is 0.265. The number of nitrogens with one attached hydrogen (secondary N) is 1. The Kier molecular flexibility index (Phi) is 3.56. The molecule has 2 aromatic heterocycles. The van der Waals surface area contributed by atoms with Gasteiger partial charge < -0.3 is 9.88 Å². The Bertz CT molecular complexity index is 873. The minimum Gasteiger partial charge on any atom is -0.324 e. The van der Waals surface area contributed by atoms with Crippen LogP contribution in [0.15, 0.2) is 43.2 Å². The van der Waals surface area contributed by atoms with Crippen LogP contribution < -0.4 is 5.32 Å². The Balaban J connectivity index is 1.54. The number of benzene rings is 1. The molecule has 0 unspecified atom stereocenters. The molecule has 1 N–H and O–H groups in total. The fraction of sp³-hybridized carbons (Fsp3) is 0.250. The highest BCUT2D eigenvalue weighted by molar-refractivity contribution is 5.94. The van der Waals surface area contributed by atoms with Gasteiger partial charge in [-0.25, -0.2) is 19.0 Å². The maximum Gasteiger partial charge on any atom is 0.247 e. The van der Waals surface area contributed by atoms with Gasteiger partial charge in [-0.05, 0) is 31.0 Å². The Labute approximate surface area is 137 Å². The van der Waals surface area contributed by atoms with Crippen molar-refractivity contribution in [1.29, 1.82) is 0 Å².